The summed E-state index contributed by atoms with van der Waals surface area (Å²) in [7, 11) is 0. The van der Waals surface area contributed by atoms with Crippen LogP contribution in [0.5, 0.6) is 0 Å². The van der Waals surface area contributed by atoms with Crippen LogP contribution in [0.3, 0.4) is 0 Å². The van der Waals surface area contributed by atoms with Crippen LogP contribution in [0.4, 0.5) is 0 Å². The number of aromatic nitrogens is 1. The summed E-state index contributed by atoms with van der Waals surface area (Å²) in [5.74, 6) is 0. The first-order chi connectivity index (χ1) is 8.33. The van der Waals surface area contributed by atoms with Crippen molar-refractivity contribution < 1.29 is 0 Å². The third-order valence-corrected chi connectivity index (χ3v) is 4.77. The Morgan fingerprint density at radius 3 is 3.06 bits per heavy atom. The molecule has 2 rings (SSSR count). The molecule has 1 saturated carbocycles. The molecule has 2 unspecified atom stereocenters. The second kappa shape index (κ2) is 6.50. The number of hydrogen-bond acceptors (Lipinski definition) is 2. The summed E-state index contributed by atoms with van der Waals surface area (Å²) in [4.78, 5) is 0. The third kappa shape index (κ3) is 3.52. The quantitative estimate of drug-likeness (QED) is 0.837. The SMILES string of the molecule is CCCn1cccc1CNC1CCC(SC)C1. The van der Waals surface area contributed by atoms with Gasteiger partial charge in [-0.05, 0) is 44.1 Å². The molecule has 1 aromatic heterocycles. The highest BCUT2D eigenvalue weighted by atomic mass is 32.2. The lowest BCUT2D eigenvalue weighted by atomic mass is 10.2. The van der Waals surface area contributed by atoms with E-state index in [-0.39, 0.29) is 0 Å². The van der Waals surface area contributed by atoms with Gasteiger partial charge in [-0.15, -0.1) is 0 Å². The molecule has 0 amide bonds. The van der Waals surface area contributed by atoms with Gasteiger partial charge in [0.05, 0.1) is 0 Å². The Hall–Kier alpha value is -0.410. The standard InChI is InChI=1S/C14H24N2S/c1-3-8-16-9-4-5-13(16)11-15-12-6-7-14(10-12)17-2/h4-5,9,12,14-15H,3,6-8,10-11H2,1-2H3. The molecule has 1 fully saturated rings. The molecule has 1 aliphatic rings. The first-order valence-electron chi connectivity index (χ1n) is 6.73. The number of aryl methyl sites for hydroxylation is 1. The van der Waals surface area contributed by atoms with Crippen LogP contribution in [-0.2, 0) is 13.1 Å². The average Bonchev–Trinajstić information content (AvgIpc) is 2.95. The summed E-state index contributed by atoms with van der Waals surface area (Å²) in [6, 6.07) is 5.13. The van der Waals surface area contributed by atoms with E-state index in [2.05, 4.69) is 41.4 Å². The molecule has 2 atom stereocenters. The average molecular weight is 252 g/mol. The summed E-state index contributed by atoms with van der Waals surface area (Å²) < 4.78 is 2.37. The van der Waals surface area contributed by atoms with E-state index in [1.54, 1.807) is 0 Å². The van der Waals surface area contributed by atoms with Gasteiger partial charge in [-0.25, -0.2) is 0 Å². The molecule has 2 nitrogen and oxygen atoms in total. The van der Waals surface area contributed by atoms with Crippen molar-refractivity contribution in [2.75, 3.05) is 6.26 Å². The molecule has 0 spiro atoms. The minimum absolute atomic E-state index is 0.734. The number of nitrogens with one attached hydrogen (secondary N) is 1. The molecule has 0 bridgehead atoms. The van der Waals surface area contributed by atoms with Crippen LogP contribution in [-0.4, -0.2) is 22.1 Å². The second-order valence-electron chi connectivity index (χ2n) is 4.94. The van der Waals surface area contributed by atoms with Crippen molar-refractivity contribution in [2.45, 2.75) is 57.0 Å². The van der Waals surface area contributed by atoms with Gasteiger partial charge in [0.25, 0.3) is 0 Å². The number of hydrogen-bond donors (Lipinski definition) is 1. The van der Waals surface area contributed by atoms with Crippen molar-refractivity contribution in [3.63, 3.8) is 0 Å². The zero-order valence-corrected chi connectivity index (χ0v) is 11.8. The van der Waals surface area contributed by atoms with Gasteiger partial charge >= 0.3 is 0 Å². The van der Waals surface area contributed by atoms with E-state index >= 15 is 0 Å². The van der Waals surface area contributed by atoms with E-state index in [1.807, 2.05) is 11.8 Å². The molecular weight excluding hydrogens is 228 g/mol. The van der Waals surface area contributed by atoms with Crippen LogP contribution < -0.4 is 5.32 Å². The van der Waals surface area contributed by atoms with Crippen LogP contribution in [0.15, 0.2) is 18.3 Å². The van der Waals surface area contributed by atoms with Crippen molar-refractivity contribution in [3.05, 3.63) is 24.0 Å². The largest absolute Gasteiger partial charge is 0.350 e. The molecule has 0 radical (unpaired) electrons. The lowest BCUT2D eigenvalue weighted by Crippen LogP contribution is -2.27. The monoisotopic (exact) mass is 252 g/mol. The number of nitrogens with zero attached hydrogens (tertiary/aromatic N) is 1. The Balaban J connectivity index is 1.79. The topological polar surface area (TPSA) is 17.0 Å². The normalized spacial score (nSPS) is 24.4. The maximum atomic E-state index is 3.71. The molecule has 1 aliphatic carbocycles. The van der Waals surface area contributed by atoms with E-state index in [0.717, 1.165) is 24.4 Å². The Morgan fingerprint density at radius 2 is 2.35 bits per heavy atom. The molecule has 0 aromatic carbocycles. The minimum atomic E-state index is 0.734. The summed E-state index contributed by atoms with van der Waals surface area (Å²) in [5, 5.41) is 4.60. The highest BCUT2D eigenvalue weighted by Gasteiger charge is 2.23. The van der Waals surface area contributed by atoms with Crippen molar-refractivity contribution in [1.29, 1.82) is 0 Å². The van der Waals surface area contributed by atoms with E-state index in [0.29, 0.717) is 0 Å². The predicted molar refractivity (Wildman–Crippen MR) is 76.5 cm³/mol. The van der Waals surface area contributed by atoms with Crippen molar-refractivity contribution in [1.82, 2.24) is 9.88 Å². The molecule has 96 valence electrons. The number of rotatable bonds is 6. The Kier molecular flexibility index (Phi) is 4.99. The van der Waals surface area contributed by atoms with Crippen LogP contribution >= 0.6 is 11.8 Å². The molecule has 17 heavy (non-hydrogen) atoms. The predicted octanol–water partition coefficient (Wildman–Crippen LogP) is 3.27. The lowest BCUT2D eigenvalue weighted by molar-refractivity contribution is 0.505. The fourth-order valence-electron chi connectivity index (χ4n) is 2.66. The van der Waals surface area contributed by atoms with Gasteiger partial charge in [-0.2, -0.15) is 11.8 Å². The fraction of sp³-hybridized carbons (Fsp3) is 0.714. The van der Waals surface area contributed by atoms with Gasteiger partial charge in [0.2, 0.25) is 0 Å². The molecule has 1 N–H and O–H groups in total. The van der Waals surface area contributed by atoms with Crippen molar-refractivity contribution in [3.8, 4) is 0 Å². The fourth-order valence-corrected chi connectivity index (χ4v) is 3.45. The van der Waals surface area contributed by atoms with E-state index < -0.39 is 0 Å². The molecule has 1 aromatic rings. The molecule has 0 aliphatic heterocycles. The summed E-state index contributed by atoms with van der Waals surface area (Å²) in [6.07, 6.45) is 9.71. The van der Waals surface area contributed by atoms with E-state index in [1.165, 1.54) is 31.4 Å². The Labute approximate surface area is 109 Å². The smallest absolute Gasteiger partial charge is 0.0361 e. The van der Waals surface area contributed by atoms with Gasteiger partial charge in [0.15, 0.2) is 0 Å². The maximum Gasteiger partial charge on any atom is 0.0361 e. The molecular formula is C14H24N2S. The van der Waals surface area contributed by atoms with Gasteiger partial charge in [0.1, 0.15) is 0 Å². The second-order valence-corrected chi connectivity index (χ2v) is 6.08. The first kappa shape index (κ1) is 13.0. The third-order valence-electron chi connectivity index (χ3n) is 3.68. The van der Waals surface area contributed by atoms with Gasteiger partial charge in [-0.1, -0.05) is 6.92 Å². The Bertz CT molecular complexity index is 335. The van der Waals surface area contributed by atoms with Crippen LogP contribution in [0.25, 0.3) is 0 Å². The van der Waals surface area contributed by atoms with Crippen molar-refractivity contribution >= 4 is 11.8 Å². The first-order valence-corrected chi connectivity index (χ1v) is 8.02. The van der Waals surface area contributed by atoms with Crippen molar-refractivity contribution in [2.24, 2.45) is 0 Å². The molecule has 3 heteroatoms. The highest BCUT2D eigenvalue weighted by molar-refractivity contribution is 7.99. The van der Waals surface area contributed by atoms with E-state index in [4.69, 9.17) is 0 Å². The van der Waals surface area contributed by atoms with Crippen LogP contribution in [0.2, 0.25) is 0 Å². The Morgan fingerprint density at radius 1 is 1.47 bits per heavy atom. The summed E-state index contributed by atoms with van der Waals surface area (Å²) in [6.45, 7) is 4.40. The summed E-state index contributed by atoms with van der Waals surface area (Å²) in [5.41, 5.74) is 1.43. The minimum Gasteiger partial charge on any atom is -0.350 e. The van der Waals surface area contributed by atoms with Crippen LogP contribution in [0.1, 0.15) is 38.3 Å². The summed E-state index contributed by atoms with van der Waals surface area (Å²) >= 11 is 2.03. The van der Waals surface area contributed by atoms with Gasteiger partial charge in [0, 0.05) is 36.3 Å². The molecule has 1 heterocycles. The van der Waals surface area contributed by atoms with E-state index in [9.17, 15) is 0 Å². The van der Waals surface area contributed by atoms with Gasteiger partial charge < -0.3 is 9.88 Å². The number of thioether (sulfide) groups is 1. The lowest BCUT2D eigenvalue weighted by Gasteiger charge is -2.14. The zero-order valence-electron chi connectivity index (χ0n) is 11.0. The van der Waals surface area contributed by atoms with Crippen LogP contribution in [0, 0.1) is 0 Å². The highest BCUT2D eigenvalue weighted by Crippen LogP contribution is 2.28. The van der Waals surface area contributed by atoms with Gasteiger partial charge in [-0.3, -0.25) is 0 Å². The molecule has 0 saturated heterocycles. The maximum absolute atomic E-state index is 3.71. The zero-order chi connectivity index (χ0) is 12.1.